The highest BCUT2D eigenvalue weighted by Crippen LogP contribution is 2.16. The molecular weight excluding hydrogens is 424 g/mol. The summed E-state index contributed by atoms with van der Waals surface area (Å²) in [6.07, 6.45) is 8.19. The van der Waals surface area contributed by atoms with Crippen molar-refractivity contribution in [3.05, 3.63) is 118 Å². The van der Waals surface area contributed by atoms with Crippen LogP contribution in [0.25, 0.3) is 10.9 Å². The van der Waals surface area contributed by atoms with Crippen LogP contribution in [0.4, 0.5) is 0 Å². The molecule has 2 atom stereocenters. The van der Waals surface area contributed by atoms with E-state index in [2.05, 4.69) is 33.1 Å². The fourth-order valence-electron chi connectivity index (χ4n) is 3.86. The highest BCUT2D eigenvalue weighted by Gasteiger charge is 2.21. The van der Waals surface area contributed by atoms with E-state index in [1.165, 1.54) is 0 Å². The van der Waals surface area contributed by atoms with Gasteiger partial charge in [-0.25, -0.2) is 0 Å². The molecule has 6 nitrogen and oxygen atoms in total. The average Bonchev–Trinajstić information content (AvgIpc) is 3.29. The van der Waals surface area contributed by atoms with Crippen LogP contribution in [0.15, 0.2) is 96.1 Å². The van der Waals surface area contributed by atoms with Gasteiger partial charge in [0.25, 0.3) is 11.5 Å². The molecule has 2 aromatic heterocycles. The molecule has 0 fully saturated rings. The van der Waals surface area contributed by atoms with Gasteiger partial charge in [-0.2, -0.15) is 0 Å². The Morgan fingerprint density at radius 2 is 1.76 bits per heavy atom. The summed E-state index contributed by atoms with van der Waals surface area (Å²) in [4.78, 5) is 31.0. The lowest BCUT2D eigenvalue weighted by atomic mass is 10.0. The molecule has 0 aliphatic carbocycles. The van der Waals surface area contributed by atoms with Gasteiger partial charge in [0.15, 0.2) is 0 Å². The quantitative estimate of drug-likeness (QED) is 0.294. The van der Waals surface area contributed by atoms with Gasteiger partial charge in [-0.1, -0.05) is 67.1 Å². The molecule has 2 heterocycles. The molecule has 0 bridgehead atoms. The second-order valence-corrected chi connectivity index (χ2v) is 8.10. The fourth-order valence-corrected chi connectivity index (χ4v) is 3.86. The van der Waals surface area contributed by atoms with Crippen LogP contribution in [-0.4, -0.2) is 28.0 Å². The van der Waals surface area contributed by atoms with Gasteiger partial charge >= 0.3 is 0 Å². The van der Waals surface area contributed by atoms with Crippen LogP contribution in [0.3, 0.4) is 0 Å². The summed E-state index contributed by atoms with van der Waals surface area (Å²) in [6, 6.07) is 22.0. The number of pyridine rings is 1. The number of H-pyrrole nitrogens is 2. The number of para-hydroxylation sites is 1. The molecule has 1 amide bonds. The van der Waals surface area contributed by atoms with Gasteiger partial charge in [0, 0.05) is 34.8 Å². The van der Waals surface area contributed by atoms with Crippen molar-refractivity contribution in [2.24, 2.45) is 0 Å². The molecular formula is C28H26N4O2. The van der Waals surface area contributed by atoms with Crippen LogP contribution in [-0.2, 0) is 12.8 Å². The summed E-state index contributed by atoms with van der Waals surface area (Å²) < 4.78 is 0. The number of carbonyl (C=O) groups is 1. The molecule has 0 saturated heterocycles. The van der Waals surface area contributed by atoms with E-state index < -0.39 is 12.1 Å². The summed E-state index contributed by atoms with van der Waals surface area (Å²) in [6.45, 7) is 4.17. The first kappa shape index (κ1) is 22.7. The van der Waals surface area contributed by atoms with E-state index in [-0.39, 0.29) is 11.5 Å². The minimum Gasteiger partial charge on any atom is -0.373 e. The van der Waals surface area contributed by atoms with Crippen LogP contribution >= 0.6 is 0 Å². The van der Waals surface area contributed by atoms with E-state index in [0.717, 1.165) is 16.5 Å². The monoisotopic (exact) mass is 450 g/mol. The highest BCUT2D eigenvalue weighted by atomic mass is 16.2. The smallest absolute Gasteiger partial charge is 0.268 e. The van der Waals surface area contributed by atoms with Crippen LogP contribution in [0.5, 0.6) is 0 Å². The fraction of sp³-hybridized carbons (Fsp3) is 0.143. The zero-order chi connectivity index (χ0) is 23.9. The number of fused-ring (bicyclic) bond motifs is 1. The third-order valence-electron chi connectivity index (χ3n) is 5.67. The number of aromatic nitrogens is 2. The number of hydrogen-bond donors (Lipinski definition) is 4. The van der Waals surface area contributed by atoms with Crippen LogP contribution in [0.2, 0.25) is 0 Å². The molecule has 1 unspecified atom stereocenters. The van der Waals surface area contributed by atoms with Crippen LogP contribution in [0, 0.1) is 12.3 Å². The molecule has 4 aromatic rings. The van der Waals surface area contributed by atoms with E-state index in [4.69, 9.17) is 6.42 Å². The maximum absolute atomic E-state index is 13.1. The third kappa shape index (κ3) is 5.45. The standard InChI is InChI=1S/C28H26N4O2/c1-3-23(17-22-13-9-15-29-27(22)33)30-19(2)25(16-20-10-5-4-6-11-20)32-28(34)26-18-21-12-7-8-14-24(21)31-26/h1,4-15,18,23,25,30-31H,2,16-17H2,(H,29,33)(H,32,34)/t23?,25-/m0/s1. The Hall–Kier alpha value is -4.50. The van der Waals surface area contributed by atoms with Crippen molar-refractivity contribution in [2.75, 3.05) is 0 Å². The summed E-state index contributed by atoms with van der Waals surface area (Å²) >= 11 is 0. The molecule has 4 rings (SSSR count). The zero-order valence-electron chi connectivity index (χ0n) is 18.7. The average molecular weight is 451 g/mol. The van der Waals surface area contributed by atoms with Crippen molar-refractivity contribution < 1.29 is 4.79 Å². The number of rotatable bonds is 9. The summed E-state index contributed by atoms with van der Waals surface area (Å²) in [5.74, 6) is 2.45. The second-order valence-electron chi connectivity index (χ2n) is 8.10. The number of amides is 1. The van der Waals surface area contributed by atoms with Gasteiger partial charge < -0.3 is 20.6 Å². The van der Waals surface area contributed by atoms with Crippen molar-refractivity contribution in [1.82, 2.24) is 20.6 Å². The Morgan fingerprint density at radius 1 is 1.00 bits per heavy atom. The van der Waals surface area contributed by atoms with Crippen molar-refractivity contribution in [3.8, 4) is 12.3 Å². The lowest BCUT2D eigenvalue weighted by Crippen LogP contribution is -2.44. The molecule has 170 valence electrons. The molecule has 0 spiro atoms. The molecule has 34 heavy (non-hydrogen) atoms. The third-order valence-corrected chi connectivity index (χ3v) is 5.67. The first-order valence-electron chi connectivity index (χ1n) is 11.0. The Balaban J connectivity index is 1.52. The van der Waals surface area contributed by atoms with Crippen LogP contribution < -0.4 is 16.2 Å². The van der Waals surface area contributed by atoms with Gasteiger partial charge in [0.1, 0.15) is 5.69 Å². The first-order chi connectivity index (χ1) is 16.5. The van der Waals surface area contributed by atoms with E-state index in [0.29, 0.717) is 29.8 Å². The van der Waals surface area contributed by atoms with E-state index in [9.17, 15) is 9.59 Å². The first-order valence-corrected chi connectivity index (χ1v) is 11.0. The molecule has 6 heteroatoms. The maximum atomic E-state index is 13.1. The number of carbonyl (C=O) groups excluding carboxylic acids is 1. The second kappa shape index (κ2) is 10.4. The Bertz CT molecular complexity index is 1360. The largest absolute Gasteiger partial charge is 0.373 e. The Kier molecular flexibility index (Phi) is 6.95. The topological polar surface area (TPSA) is 89.8 Å². The van der Waals surface area contributed by atoms with Crippen molar-refractivity contribution in [1.29, 1.82) is 0 Å². The van der Waals surface area contributed by atoms with E-state index in [1.54, 1.807) is 18.3 Å². The Labute approximate surface area is 198 Å². The molecule has 4 N–H and O–H groups in total. The molecule has 2 aromatic carbocycles. The van der Waals surface area contributed by atoms with E-state index in [1.807, 2.05) is 60.7 Å². The maximum Gasteiger partial charge on any atom is 0.268 e. The van der Waals surface area contributed by atoms with Gasteiger partial charge in [-0.3, -0.25) is 9.59 Å². The van der Waals surface area contributed by atoms with Crippen molar-refractivity contribution in [2.45, 2.75) is 24.9 Å². The molecule has 0 radical (unpaired) electrons. The van der Waals surface area contributed by atoms with Gasteiger partial charge in [0.2, 0.25) is 0 Å². The SMILES string of the molecule is C#CC(Cc1ccc[nH]c1=O)NC(=C)[C@H](Cc1ccccc1)NC(=O)c1cc2ccccc2[nH]1. The number of nitrogens with one attached hydrogen (secondary N) is 4. The lowest BCUT2D eigenvalue weighted by Gasteiger charge is -2.25. The summed E-state index contributed by atoms with van der Waals surface area (Å²) in [7, 11) is 0. The number of hydrogen-bond acceptors (Lipinski definition) is 3. The summed E-state index contributed by atoms with van der Waals surface area (Å²) in [5, 5.41) is 7.28. The lowest BCUT2D eigenvalue weighted by molar-refractivity contribution is 0.0937. The minimum atomic E-state index is -0.459. The van der Waals surface area contributed by atoms with E-state index >= 15 is 0 Å². The Morgan fingerprint density at radius 3 is 2.50 bits per heavy atom. The predicted octanol–water partition coefficient (Wildman–Crippen LogP) is 3.55. The van der Waals surface area contributed by atoms with Crippen molar-refractivity contribution in [3.63, 3.8) is 0 Å². The van der Waals surface area contributed by atoms with Crippen molar-refractivity contribution >= 4 is 16.8 Å². The normalized spacial score (nSPS) is 12.4. The minimum absolute atomic E-state index is 0.178. The number of terminal acetylenes is 1. The van der Waals surface area contributed by atoms with Gasteiger partial charge in [-0.05, 0) is 30.2 Å². The van der Waals surface area contributed by atoms with Crippen LogP contribution in [0.1, 0.15) is 21.6 Å². The molecule has 0 aliphatic rings. The number of aromatic amines is 2. The predicted molar refractivity (Wildman–Crippen MR) is 135 cm³/mol. The molecule has 0 saturated carbocycles. The highest BCUT2D eigenvalue weighted by molar-refractivity contribution is 5.98. The molecule has 0 aliphatic heterocycles. The summed E-state index contributed by atoms with van der Waals surface area (Å²) in [5.41, 5.74) is 3.38. The van der Waals surface area contributed by atoms with Gasteiger partial charge in [0.05, 0.1) is 12.1 Å². The zero-order valence-corrected chi connectivity index (χ0v) is 18.7. The number of benzene rings is 2. The van der Waals surface area contributed by atoms with Gasteiger partial charge in [-0.15, -0.1) is 6.42 Å².